The summed E-state index contributed by atoms with van der Waals surface area (Å²) in [6.07, 6.45) is 3.20. The lowest BCUT2D eigenvalue weighted by atomic mass is 9.87. The average Bonchev–Trinajstić information content (AvgIpc) is 3.57. The van der Waals surface area contributed by atoms with Gasteiger partial charge in [-0.1, -0.05) is 30.3 Å². The number of fused-ring (bicyclic) bond motifs is 1. The number of nitrogens with zero attached hydrogens (tertiary/aromatic N) is 5. The molecule has 5 rings (SSSR count). The Labute approximate surface area is 184 Å². The van der Waals surface area contributed by atoms with Crippen molar-refractivity contribution < 1.29 is 9.84 Å². The van der Waals surface area contributed by atoms with Crippen LogP contribution in [0.25, 0.3) is 11.2 Å². The predicted molar refractivity (Wildman–Crippen MR) is 117 cm³/mol. The minimum atomic E-state index is -1.52. The van der Waals surface area contributed by atoms with E-state index in [1.165, 1.54) is 0 Å². The summed E-state index contributed by atoms with van der Waals surface area (Å²) in [5.41, 5.74) is 13.6. The van der Waals surface area contributed by atoms with Crippen molar-refractivity contribution in [3.8, 4) is 5.88 Å². The number of ether oxygens (including phenoxy) is 1. The summed E-state index contributed by atoms with van der Waals surface area (Å²) < 4.78 is 9.17. The number of pyridine rings is 1. The summed E-state index contributed by atoms with van der Waals surface area (Å²) in [5, 5.41) is 16.5. The minimum Gasteiger partial charge on any atom is -0.481 e. The fourth-order valence-electron chi connectivity index (χ4n) is 4.13. The second-order valence-electron chi connectivity index (χ2n) is 7.56. The Bertz CT molecular complexity index is 1250. The summed E-state index contributed by atoms with van der Waals surface area (Å²) in [6, 6.07) is 11.4. The highest BCUT2D eigenvalue weighted by atomic mass is 16.5. The SMILES string of the molecule is CCn1c(C(O)(c2ccccc2)c2cnn(C)c2)nc2nc(OC)c(C3NNNN3)cc21. The van der Waals surface area contributed by atoms with Gasteiger partial charge in [0.2, 0.25) is 5.88 Å². The van der Waals surface area contributed by atoms with Gasteiger partial charge in [-0.2, -0.15) is 21.2 Å². The number of hydrogen-bond acceptors (Lipinski definition) is 9. The van der Waals surface area contributed by atoms with Crippen LogP contribution in [-0.2, 0) is 19.2 Å². The summed E-state index contributed by atoms with van der Waals surface area (Å²) >= 11 is 0. The molecule has 1 atom stereocenters. The third kappa shape index (κ3) is 3.15. The molecule has 0 radical (unpaired) electrons. The van der Waals surface area contributed by atoms with Gasteiger partial charge < -0.3 is 14.4 Å². The molecule has 1 aromatic carbocycles. The molecule has 0 saturated carbocycles. The van der Waals surface area contributed by atoms with Crippen LogP contribution in [0, 0.1) is 0 Å². The van der Waals surface area contributed by atoms with E-state index in [9.17, 15) is 5.11 Å². The van der Waals surface area contributed by atoms with Crippen LogP contribution in [0.2, 0.25) is 0 Å². The molecular weight excluding hydrogens is 410 g/mol. The molecule has 0 spiro atoms. The smallest absolute Gasteiger partial charge is 0.221 e. The highest BCUT2D eigenvalue weighted by molar-refractivity contribution is 5.75. The van der Waals surface area contributed by atoms with Crippen LogP contribution in [0.4, 0.5) is 0 Å². The lowest BCUT2D eigenvalue weighted by Crippen LogP contribution is -2.33. The van der Waals surface area contributed by atoms with Crippen molar-refractivity contribution in [3.05, 3.63) is 71.3 Å². The van der Waals surface area contributed by atoms with Crippen LogP contribution in [0.1, 0.15) is 35.6 Å². The number of methoxy groups -OCH3 is 1. The standard InChI is InChI=1S/C21H25N9O2/c1-4-30-16-10-15(17-25-27-28-26-17)19(32-3)23-18(16)24-20(30)21(31,13-8-6-5-7-9-13)14-11-22-29(2)12-14/h5-12,17,25-28,31H,4H2,1-3H3. The Hall–Kier alpha value is -3.35. The summed E-state index contributed by atoms with van der Waals surface area (Å²) in [4.78, 5) is 9.46. The van der Waals surface area contributed by atoms with Crippen LogP contribution in [0.3, 0.4) is 0 Å². The summed E-state index contributed by atoms with van der Waals surface area (Å²) in [6.45, 7) is 2.59. The van der Waals surface area contributed by atoms with Gasteiger partial charge in [-0.05, 0) is 18.6 Å². The first kappa shape index (κ1) is 20.5. The molecule has 4 aromatic rings. The van der Waals surface area contributed by atoms with Crippen molar-refractivity contribution >= 4 is 11.2 Å². The number of aromatic nitrogens is 5. The maximum atomic E-state index is 12.2. The van der Waals surface area contributed by atoms with Gasteiger partial charge in [-0.3, -0.25) is 4.68 Å². The summed E-state index contributed by atoms with van der Waals surface area (Å²) in [5.74, 6) is 0.898. The zero-order chi connectivity index (χ0) is 22.3. The monoisotopic (exact) mass is 435 g/mol. The molecule has 1 unspecified atom stereocenters. The normalized spacial score (nSPS) is 16.5. The van der Waals surface area contributed by atoms with Crippen molar-refractivity contribution in [2.75, 3.05) is 7.11 Å². The van der Waals surface area contributed by atoms with E-state index in [1.807, 2.05) is 54.9 Å². The molecule has 11 nitrogen and oxygen atoms in total. The fraction of sp³-hybridized carbons (Fsp3) is 0.286. The number of aliphatic hydroxyl groups is 1. The van der Waals surface area contributed by atoms with E-state index in [0.29, 0.717) is 35.0 Å². The molecule has 0 bridgehead atoms. The van der Waals surface area contributed by atoms with Gasteiger partial charge in [-0.25, -0.2) is 15.8 Å². The second-order valence-corrected chi connectivity index (χ2v) is 7.56. The van der Waals surface area contributed by atoms with Crippen LogP contribution in [0.5, 0.6) is 5.88 Å². The number of hydrazine groups is 3. The van der Waals surface area contributed by atoms with Crippen molar-refractivity contribution in [1.82, 2.24) is 46.2 Å². The van der Waals surface area contributed by atoms with Crippen molar-refractivity contribution in [2.24, 2.45) is 7.05 Å². The van der Waals surface area contributed by atoms with Gasteiger partial charge in [0.1, 0.15) is 6.17 Å². The lowest BCUT2D eigenvalue weighted by Gasteiger charge is -2.28. The van der Waals surface area contributed by atoms with E-state index in [0.717, 1.165) is 11.1 Å². The van der Waals surface area contributed by atoms with Gasteiger partial charge >= 0.3 is 0 Å². The number of aryl methyl sites for hydroxylation is 2. The van der Waals surface area contributed by atoms with Gasteiger partial charge in [0.25, 0.3) is 0 Å². The Morgan fingerprint density at radius 3 is 2.50 bits per heavy atom. The molecule has 32 heavy (non-hydrogen) atoms. The Morgan fingerprint density at radius 1 is 1.12 bits per heavy atom. The Morgan fingerprint density at radius 2 is 1.88 bits per heavy atom. The number of nitrogens with one attached hydrogen (secondary N) is 4. The zero-order valence-corrected chi connectivity index (χ0v) is 18.0. The molecule has 3 aromatic heterocycles. The maximum absolute atomic E-state index is 12.2. The maximum Gasteiger partial charge on any atom is 0.221 e. The molecule has 166 valence electrons. The number of benzene rings is 1. The minimum absolute atomic E-state index is 0.267. The van der Waals surface area contributed by atoms with E-state index < -0.39 is 5.60 Å². The quantitative estimate of drug-likeness (QED) is 0.296. The van der Waals surface area contributed by atoms with Crippen molar-refractivity contribution in [3.63, 3.8) is 0 Å². The molecule has 0 amide bonds. The highest BCUT2D eigenvalue weighted by Gasteiger charge is 2.40. The molecule has 0 aliphatic carbocycles. The van der Waals surface area contributed by atoms with E-state index in [1.54, 1.807) is 24.2 Å². The average molecular weight is 435 g/mol. The number of imidazole rings is 1. The molecular formula is C21H25N9O2. The highest BCUT2D eigenvalue weighted by Crippen LogP contribution is 2.38. The third-order valence-electron chi connectivity index (χ3n) is 5.69. The first-order valence-electron chi connectivity index (χ1n) is 10.3. The third-order valence-corrected chi connectivity index (χ3v) is 5.69. The van der Waals surface area contributed by atoms with E-state index in [4.69, 9.17) is 9.72 Å². The first-order chi connectivity index (χ1) is 15.6. The summed E-state index contributed by atoms with van der Waals surface area (Å²) in [7, 11) is 3.39. The number of hydrogen-bond donors (Lipinski definition) is 5. The second kappa shape index (κ2) is 7.97. The van der Waals surface area contributed by atoms with Crippen molar-refractivity contribution in [2.45, 2.75) is 25.2 Å². The first-order valence-corrected chi connectivity index (χ1v) is 10.3. The van der Waals surface area contributed by atoms with E-state index >= 15 is 0 Å². The molecule has 1 aliphatic rings. The van der Waals surface area contributed by atoms with Crippen molar-refractivity contribution in [1.29, 1.82) is 0 Å². The lowest BCUT2D eigenvalue weighted by molar-refractivity contribution is 0.112. The number of rotatable bonds is 6. The molecule has 11 heteroatoms. The molecule has 5 N–H and O–H groups in total. The van der Waals surface area contributed by atoms with Gasteiger partial charge in [-0.15, -0.1) is 0 Å². The van der Waals surface area contributed by atoms with Gasteiger partial charge in [0, 0.05) is 25.4 Å². The van der Waals surface area contributed by atoms with E-state index in [-0.39, 0.29) is 6.17 Å². The Balaban J connectivity index is 1.77. The van der Waals surface area contributed by atoms with Gasteiger partial charge in [0.15, 0.2) is 17.1 Å². The molecule has 4 heterocycles. The van der Waals surface area contributed by atoms with Crippen LogP contribution < -0.4 is 26.7 Å². The largest absolute Gasteiger partial charge is 0.481 e. The van der Waals surface area contributed by atoms with Crippen LogP contribution in [-0.4, -0.2) is 36.5 Å². The topological polar surface area (TPSA) is 126 Å². The van der Waals surface area contributed by atoms with Gasteiger partial charge in [0.05, 0.1) is 24.4 Å². The van der Waals surface area contributed by atoms with Crippen LogP contribution >= 0.6 is 0 Å². The van der Waals surface area contributed by atoms with Crippen LogP contribution in [0.15, 0.2) is 48.8 Å². The molecule has 1 fully saturated rings. The molecule has 1 aliphatic heterocycles. The fourth-order valence-corrected chi connectivity index (χ4v) is 4.13. The zero-order valence-electron chi connectivity index (χ0n) is 18.0. The molecule has 1 saturated heterocycles. The predicted octanol–water partition coefficient (Wildman–Crippen LogP) is 0.593. The van der Waals surface area contributed by atoms with E-state index in [2.05, 4.69) is 32.0 Å². The Kier molecular flexibility index (Phi) is 5.12.